The van der Waals surface area contributed by atoms with Crippen LogP contribution in [0.2, 0.25) is 0 Å². The second-order valence-corrected chi connectivity index (χ2v) is 7.67. The van der Waals surface area contributed by atoms with Crippen molar-refractivity contribution in [1.82, 2.24) is 25.1 Å². The summed E-state index contributed by atoms with van der Waals surface area (Å²) in [5.74, 6) is -1.06. The lowest BCUT2D eigenvalue weighted by Gasteiger charge is -2.25. The van der Waals surface area contributed by atoms with E-state index in [0.29, 0.717) is 40.7 Å². The first-order chi connectivity index (χ1) is 15.3. The van der Waals surface area contributed by atoms with Gasteiger partial charge < -0.3 is 16.6 Å². The summed E-state index contributed by atoms with van der Waals surface area (Å²) in [7, 11) is 0. The highest BCUT2D eigenvalue weighted by Gasteiger charge is 2.25. The molecule has 0 bridgehead atoms. The van der Waals surface area contributed by atoms with Gasteiger partial charge in [0.2, 0.25) is 5.82 Å². The number of aliphatic hydroxyl groups excluding tert-OH is 1. The van der Waals surface area contributed by atoms with E-state index in [1.54, 1.807) is 13.1 Å². The first kappa shape index (κ1) is 21.6. The van der Waals surface area contributed by atoms with Crippen molar-refractivity contribution >= 4 is 5.70 Å². The first-order valence-electron chi connectivity index (χ1n) is 10.2. The van der Waals surface area contributed by atoms with Crippen LogP contribution in [0.15, 0.2) is 47.9 Å². The van der Waals surface area contributed by atoms with Crippen LogP contribution >= 0.6 is 0 Å². The molecule has 6 N–H and O–H groups in total. The van der Waals surface area contributed by atoms with E-state index in [0.717, 1.165) is 25.0 Å². The van der Waals surface area contributed by atoms with Crippen LogP contribution in [-0.4, -0.2) is 30.3 Å². The number of rotatable bonds is 5. The maximum Gasteiger partial charge on any atom is 0.201 e. The highest BCUT2D eigenvalue weighted by molar-refractivity contribution is 5.67. The molecule has 2 heterocycles. The molecule has 1 unspecified atom stereocenters. The van der Waals surface area contributed by atoms with Gasteiger partial charge in [0.25, 0.3) is 0 Å². The highest BCUT2D eigenvalue weighted by Crippen LogP contribution is 2.35. The maximum absolute atomic E-state index is 14.1. The molecule has 0 spiro atoms. The van der Waals surface area contributed by atoms with E-state index in [9.17, 15) is 13.9 Å². The summed E-state index contributed by atoms with van der Waals surface area (Å²) in [6.45, 7) is 1.58. The van der Waals surface area contributed by atoms with E-state index in [2.05, 4.69) is 25.1 Å². The van der Waals surface area contributed by atoms with Crippen LogP contribution in [0.1, 0.15) is 55.3 Å². The van der Waals surface area contributed by atoms with Gasteiger partial charge in [-0.1, -0.05) is 6.07 Å². The number of H-pyrrole nitrogens is 1. The van der Waals surface area contributed by atoms with Crippen molar-refractivity contribution in [1.29, 1.82) is 0 Å². The molecule has 166 valence electrons. The summed E-state index contributed by atoms with van der Waals surface area (Å²) < 4.78 is 28.2. The molecular weight excluding hydrogens is 416 g/mol. The van der Waals surface area contributed by atoms with Gasteiger partial charge in [0.05, 0.1) is 17.5 Å². The molecule has 2 aromatic heterocycles. The average molecular weight is 439 g/mol. The van der Waals surface area contributed by atoms with Gasteiger partial charge in [0.1, 0.15) is 23.4 Å². The van der Waals surface area contributed by atoms with E-state index in [4.69, 9.17) is 11.5 Å². The predicted molar refractivity (Wildman–Crippen MR) is 114 cm³/mol. The molecule has 32 heavy (non-hydrogen) atoms. The number of nitrogens with two attached hydrogens (primary N) is 2. The molecule has 0 amide bonds. The zero-order chi connectivity index (χ0) is 22.8. The van der Waals surface area contributed by atoms with Crippen LogP contribution in [-0.2, 0) is 0 Å². The van der Waals surface area contributed by atoms with Gasteiger partial charge >= 0.3 is 0 Å². The molecule has 1 aliphatic carbocycles. The minimum Gasteiger partial charge on any atom is -0.401 e. The second-order valence-electron chi connectivity index (χ2n) is 7.67. The maximum atomic E-state index is 14.1. The molecule has 0 radical (unpaired) electrons. The van der Waals surface area contributed by atoms with Crippen LogP contribution < -0.4 is 11.5 Å². The molecule has 0 saturated carbocycles. The summed E-state index contributed by atoms with van der Waals surface area (Å²) >= 11 is 0. The van der Waals surface area contributed by atoms with E-state index in [-0.39, 0.29) is 17.2 Å². The summed E-state index contributed by atoms with van der Waals surface area (Å²) in [5.41, 5.74) is 14.5. The van der Waals surface area contributed by atoms with E-state index in [1.807, 2.05) is 0 Å². The van der Waals surface area contributed by atoms with Crippen molar-refractivity contribution in [2.75, 3.05) is 0 Å². The third-order valence-corrected chi connectivity index (χ3v) is 5.40. The zero-order valence-electron chi connectivity index (χ0n) is 17.4. The van der Waals surface area contributed by atoms with Crippen LogP contribution in [0.5, 0.6) is 0 Å². The third-order valence-electron chi connectivity index (χ3n) is 5.40. The lowest BCUT2D eigenvalue weighted by Crippen LogP contribution is -2.19. The second kappa shape index (κ2) is 8.83. The van der Waals surface area contributed by atoms with Gasteiger partial charge in [-0.2, -0.15) is 5.10 Å². The number of nitrogens with one attached hydrogen (secondary N) is 1. The summed E-state index contributed by atoms with van der Waals surface area (Å²) in [5, 5.41) is 16.4. The Bertz CT molecular complexity index is 1180. The smallest absolute Gasteiger partial charge is 0.201 e. The molecule has 0 aliphatic heterocycles. The standard InChI is InChI=1S/C22H23F2N7O/c1-11(32)21-29-22(31-30-21)18-10-27-9-17(28-18)13-5-2-4-12(20(13)26)8-16(25)19-14(23)6-3-7-15(19)24/h3,6-11,13,32H,2,4-5,25-26H2,1H3,(H,29,30,31)/b16-8-/t11-,13?/m0/s1. The third kappa shape index (κ3) is 4.22. The number of hydrogen-bond acceptors (Lipinski definition) is 7. The number of aromatic amines is 1. The van der Waals surface area contributed by atoms with E-state index < -0.39 is 17.7 Å². The van der Waals surface area contributed by atoms with Crippen molar-refractivity contribution in [3.05, 3.63) is 76.7 Å². The highest BCUT2D eigenvalue weighted by atomic mass is 19.1. The molecule has 4 rings (SSSR count). The van der Waals surface area contributed by atoms with Crippen molar-refractivity contribution < 1.29 is 13.9 Å². The predicted octanol–water partition coefficient (Wildman–Crippen LogP) is 3.07. The SMILES string of the molecule is C[C@H](O)c1nc(-c2cncc(C3CCCC(/C=C(\N)c4c(F)cccc4F)=C3N)n2)n[nH]1. The number of nitrogens with zero attached hydrogens (tertiary/aromatic N) is 4. The Morgan fingerprint density at radius 2 is 2.00 bits per heavy atom. The molecular formula is C22H23F2N7O. The topological polar surface area (TPSA) is 140 Å². The molecule has 3 aromatic rings. The van der Waals surface area contributed by atoms with Crippen LogP contribution in [0, 0.1) is 11.6 Å². The molecule has 10 heteroatoms. The number of aromatic nitrogens is 5. The number of allylic oxidation sites excluding steroid dienone is 3. The number of hydrogen-bond donors (Lipinski definition) is 4. The number of halogens is 2. The molecule has 0 fully saturated rings. The van der Waals surface area contributed by atoms with Crippen molar-refractivity contribution in [3.8, 4) is 11.5 Å². The summed E-state index contributed by atoms with van der Waals surface area (Å²) in [6.07, 6.45) is 6.06. The molecule has 1 aromatic carbocycles. The van der Waals surface area contributed by atoms with Gasteiger partial charge in [-0.05, 0) is 50.0 Å². The van der Waals surface area contributed by atoms with Gasteiger partial charge in [-0.3, -0.25) is 10.1 Å². The van der Waals surface area contributed by atoms with Gasteiger partial charge in [-0.25, -0.2) is 18.7 Å². The summed E-state index contributed by atoms with van der Waals surface area (Å²) in [4.78, 5) is 13.1. The van der Waals surface area contributed by atoms with Gasteiger partial charge in [0.15, 0.2) is 5.82 Å². The van der Waals surface area contributed by atoms with Crippen molar-refractivity contribution in [3.63, 3.8) is 0 Å². The van der Waals surface area contributed by atoms with Crippen LogP contribution in [0.25, 0.3) is 17.2 Å². The fourth-order valence-corrected chi connectivity index (χ4v) is 3.75. The first-order valence-corrected chi connectivity index (χ1v) is 10.2. The molecule has 2 atom stereocenters. The Morgan fingerprint density at radius 3 is 2.69 bits per heavy atom. The Kier molecular flexibility index (Phi) is 5.95. The minimum atomic E-state index is -0.789. The number of benzene rings is 1. The monoisotopic (exact) mass is 439 g/mol. The minimum absolute atomic E-state index is 0.0228. The number of aliphatic hydroxyl groups is 1. The quantitative estimate of drug-likeness (QED) is 0.479. The van der Waals surface area contributed by atoms with Gasteiger partial charge in [0, 0.05) is 23.5 Å². The fraction of sp³-hybridized carbons (Fsp3) is 0.273. The normalized spacial score (nSPS) is 18.1. The van der Waals surface area contributed by atoms with E-state index >= 15 is 0 Å². The van der Waals surface area contributed by atoms with Crippen molar-refractivity contribution in [2.24, 2.45) is 11.5 Å². The Labute approximate surface area is 183 Å². The van der Waals surface area contributed by atoms with Crippen LogP contribution in [0.3, 0.4) is 0 Å². The van der Waals surface area contributed by atoms with Crippen LogP contribution in [0.4, 0.5) is 8.78 Å². The molecule has 0 saturated heterocycles. The van der Waals surface area contributed by atoms with E-state index in [1.165, 1.54) is 18.3 Å². The largest absolute Gasteiger partial charge is 0.401 e. The Balaban J connectivity index is 1.67. The fourth-order valence-electron chi connectivity index (χ4n) is 3.75. The van der Waals surface area contributed by atoms with Crippen molar-refractivity contribution in [2.45, 2.75) is 38.2 Å². The molecule has 8 nitrogen and oxygen atoms in total. The zero-order valence-corrected chi connectivity index (χ0v) is 17.4. The molecule has 1 aliphatic rings. The Morgan fingerprint density at radius 1 is 1.25 bits per heavy atom. The lowest BCUT2D eigenvalue weighted by atomic mass is 9.84. The summed E-state index contributed by atoms with van der Waals surface area (Å²) in [6, 6.07) is 3.61. The Hall–Kier alpha value is -3.66. The lowest BCUT2D eigenvalue weighted by molar-refractivity contribution is 0.189. The average Bonchev–Trinajstić information content (AvgIpc) is 3.26. The van der Waals surface area contributed by atoms with Gasteiger partial charge in [-0.15, -0.1) is 0 Å².